The van der Waals surface area contributed by atoms with Gasteiger partial charge in [-0.2, -0.15) is 11.3 Å². The number of carbonyl (C=O) groups excluding carboxylic acids is 1. The van der Waals surface area contributed by atoms with Crippen molar-refractivity contribution in [1.82, 2.24) is 16.2 Å². The molecule has 1 aromatic heterocycles. The predicted molar refractivity (Wildman–Crippen MR) is 80.3 cm³/mol. The lowest BCUT2D eigenvalue weighted by Gasteiger charge is -2.42. The molecule has 2 unspecified atom stereocenters. The van der Waals surface area contributed by atoms with Crippen molar-refractivity contribution in [2.24, 2.45) is 0 Å². The average Bonchev–Trinajstić information content (AvgIpc) is 3.08. The lowest BCUT2D eigenvalue weighted by atomic mass is 9.81. The van der Waals surface area contributed by atoms with Crippen LogP contribution in [0.25, 0.3) is 0 Å². The van der Waals surface area contributed by atoms with Crippen molar-refractivity contribution in [3.63, 3.8) is 0 Å². The summed E-state index contributed by atoms with van der Waals surface area (Å²) in [5, 5.41) is 7.26. The molecule has 0 saturated heterocycles. The molecule has 1 aromatic rings. The summed E-state index contributed by atoms with van der Waals surface area (Å²) >= 11 is 3.32. The Labute approximate surface area is 121 Å². The summed E-state index contributed by atoms with van der Waals surface area (Å²) in [4.78, 5) is 12.0. The summed E-state index contributed by atoms with van der Waals surface area (Å²) in [5.74, 6) is 0.380. The van der Waals surface area contributed by atoms with Crippen LogP contribution in [0.2, 0.25) is 0 Å². The second kappa shape index (κ2) is 4.85. The minimum absolute atomic E-state index is 0.0430. The highest BCUT2D eigenvalue weighted by Crippen LogP contribution is 2.41. The Bertz CT molecular complexity index is 528. The molecule has 2 aliphatic heterocycles. The molecule has 4 nitrogen and oxygen atoms in total. The van der Waals surface area contributed by atoms with E-state index in [-0.39, 0.29) is 16.8 Å². The SMILES string of the molecule is CC[C@@H]1c2cscc2C(=O)NC1C1(SC)C=CNN1. The van der Waals surface area contributed by atoms with Gasteiger partial charge in [0.05, 0.1) is 11.6 Å². The molecule has 102 valence electrons. The van der Waals surface area contributed by atoms with Crippen LogP contribution >= 0.6 is 23.1 Å². The van der Waals surface area contributed by atoms with E-state index in [9.17, 15) is 4.79 Å². The van der Waals surface area contributed by atoms with Crippen LogP contribution in [0.3, 0.4) is 0 Å². The zero-order valence-corrected chi connectivity index (χ0v) is 12.5. The van der Waals surface area contributed by atoms with Crippen LogP contribution in [0.1, 0.15) is 35.2 Å². The summed E-state index contributed by atoms with van der Waals surface area (Å²) in [6, 6.07) is 0.0494. The van der Waals surface area contributed by atoms with E-state index < -0.39 is 0 Å². The Hall–Kier alpha value is -0.980. The van der Waals surface area contributed by atoms with E-state index in [1.54, 1.807) is 23.1 Å². The number of rotatable bonds is 3. The van der Waals surface area contributed by atoms with Crippen LogP contribution in [0, 0.1) is 0 Å². The zero-order chi connectivity index (χ0) is 13.5. The molecule has 0 fully saturated rings. The molecule has 0 radical (unpaired) electrons. The van der Waals surface area contributed by atoms with E-state index in [1.807, 2.05) is 11.6 Å². The minimum atomic E-state index is -0.282. The number of hydrazine groups is 1. The standard InChI is InChI=1S/C13H17N3OS2/c1-3-8-9-6-19-7-10(9)12(17)15-11(8)13(18-2)4-5-14-16-13/h4-8,11,14,16H,3H2,1-2H3,(H,15,17)/t8-,11?,13?/m1/s1. The molecule has 0 spiro atoms. The first-order valence-corrected chi connectivity index (χ1v) is 8.51. The van der Waals surface area contributed by atoms with E-state index >= 15 is 0 Å². The second-order valence-electron chi connectivity index (χ2n) is 4.81. The molecule has 3 heterocycles. The molecular formula is C13H17N3OS2. The van der Waals surface area contributed by atoms with Crippen LogP contribution in [0.5, 0.6) is 0 Å². The molecule has 0 aliphatic carbocycles. The number of thioether (sulfide) groups is 1. The topological polar surface area (TPSA) is 53.2 Å². The molecule has 0 saturated carbocycles. The van der Waals surface area contributed by atoms with Gasteiger partial charge >= 0.3 is 0 Å². The highest BCUT2D eigenvalue weighted by atomic mass is 32.2. The highest BCUT2D eigenvalue weighted by molar-refractivity contribution is 8.00. The fourth-order valence-corrected chi connectivity index (χ4v) is 4.67. The lowest BCUT2D eigenvalue weighted by molar-refractivity contribution is 0.0901. The first kappa shape index (κ1) is 13.0. The third kappa shape index (κ3) is 1.89. The number of fused-ring (bicyclic) bond motifs is 1. The predicted octanol–water partition coefficient (Wildman–Crippen LogP) is 2.03. The molecule has 1 amide bonds. The van der Waals surface area contributed by atoms with Gasteiger partial charge < -0.3 is 10.7 Å². The zero-order valence-electron chi connectivity index (χ0n) is 10.9. The van der Waals surface area contributed by atoms with Crippen LogP contribution in [-0.2, 0) is 0 Å². The first-order valence-electron chi connectivity index (χ1n) is 6.34. The van der Waals surface area contributed by atoms with Crippen molar-refractivity contribution < 1.29 is 4.79 Å². The quantitative estimate of drug-likeness (QED) is 0.799. The maximum Gasteiger partial charge on any atom is 0.252 e. The summed E-state index contributed by atoms with van der Waals surface area (Å²) in [6.07, 6.45) is 7.07. The molecule has 2 aliphatic rings. The van der Waals surface area contributed by atoms with Gasteiger partial charge in [-0.25, -0.2) is 5.43 Å². The number of hydrogen-bond donors (Lipinski definition) is 3. The molecule has 0 aromatic carbocycles. The Morgan fingerprint density at radius 2 is 2.32 bits per heavy atom. The molecule has 6 heteroatoms. The molecule has 3 rings (SSSR count). The largest absolute Gasteiger partial charge is 0.346 e. The molecule has 3 N–H and O–H groups in total. The Morgan fingerprint density at radius 1 is 1.47 bits per heavy atom. The lowest BCUT2D eigenvalue weighted by Crippen LogP contribution is -2.61. The third-order valence-electron chi connectivity index (χ3n) is 3.95. The monoisotopic (exact) mass is 295 g/mol. The van der Waals surface area contributed by atoms with Gasteiger partial charge in [-0.1, -0.05) is 6.92 Å². The van der Waals surface area contributed by atoms with E-state index in [2.05, 4.69) is 40.8 Å². The fourth-order valence-electron chi connectivity index (χ4n) is 2.93. The van der Waals surface area contributed by atoms with Crippen LogP contribution in [0.4, 0.5) is 0 Å². The van der Waals surface area contributed by atoms with E-state index in [0.29, 0.717) is 5.92 Å². The smallest absolute Gasteiger partial charge is 0.252 e. The van der Waals surface area contributed by atoms with Crippen LogP contribution in [0.15, 0.2) is 23.0 Å². The van der Waals surface area contributed by atoms with Gasteiger partial charge in [0.1, 0.15) is 4.87 Å². The third-order valence-corrected chi connectivity index (χ3v) is 5.88. The van der Waals surface area contributed by atoms with Crippen molar-refractivity contribution in [1.29, 1.82) is 0 Å². The average molecular weight is 295 g/mol. The first-order chi connectivity index (χ1) is 9.22. The normalized spacial score (nSPS) is 32.8. The number of hydrogen-bond acceptors (Lipinski definition) is 5. The molecule has 0 bridgehead atoms. The van der Waals surface area contributed by atoms with Gasteiger partial charge in [0.25, 0.3) is 5.91 Å². The minimum Gasteiger partial charge on any atom is -0.346 e. The van der Waals surface area contributed by atoms with Crippen molar-refractivity contribution in [3.05, 3.63) is 34.2 Å². The summed E-state index contributed by atoms with van der Waals surface area (Å²) < 4.78 is 0. The maximum atomic E-state index is 12.2. The maximum absolute atomic E-state index is 12.2. The Kier molecular flexibility index (Phi) is 3.32. The van der Waals surface area contributed by atoms with Crippen molar-refractivity contribution >= 4 is 29.0 Å². The Morgan fingerprint density at radius 3 is 2.95 bits per heavy atom. The van der Waals surface area contributed by atoms with Crippen molar-refractivity contribution in [3.8, 4) is 0 Å². The van der Waals surface area contributed by atoms with Crippen molar-refractivity contribution in [2.75, 3.05) is 6.26 Å². The van der Waals surface area contributed by atoms with E-state index in [4.69, 9.17) is 0 Å². The van der Waals surface area contributed by atoms with Gasteiger partial charge in [0.15, 0.2) is 0 Å². The van der Waals surface area contributed by atoms with E-state index in [1.165, 1.54) is 5.56 Å². The second-order valence-corrected chi connectivity index (χ2v) is 6.63. The van der Waals surface area contributed by atoms with Crippen molar-refractivity contribution in [2.45, 2.75) is 30.2 Å². The molecule has 19 heavy (non-hydrogen) atoms. The summed E-state index contributed by atoms with van der Waals surface area (Å²) in [5.41, 5.74) is 8.36. The van der Waals surface area contributed by atoms with E-state index in [0.717, 1.165) is 12.0 Å². The van der Waals surface area contributed by atoms with Gasteiger partial charge in [-0.15, -0.1) is 11.8 Å². The molecule has 3 atom stereocenters. The number of carbonyl (C=O) groups is 1. The highest BCUT2D eigenvalue weighted by Gasteiger charge is 2.46. The number of thiophene rings is 1. The number of nitrogens with one attached hydrogen (secondary N) is 3. The molecular weight excluding hydrogens is 278 g/mol. The van der Waals surface area contributed by atoms with Crippen LogP contribution in [-0.4, -0.2) is 23.1 Å². The number of amides is 1. The summed E-state index contributed by atoms with van der Waals surface area (Å²) in [6.45, 7) is 2.18. The summed E-state index contributed by atoms with van der Waals surface area (Å²) in [7, 11) is 0. The van der Waals surface area contributed by atoms with Gasteiger partial charge in [0.2, 0.25) is 0 Å². The Balaban J connectivity index is 2.03. The van der Waals surface area contributed by atoms with Gasteiger partial charge in [0, 0.05) is 17.5 Å². The van der Waals surface area contributed by atoms with Crippen LogP contribution < -0.4 is 16.2 Å². The van der Waals surface area contributed by atoms with Gasteiger partial charge in [-0.3, -0.25) is 4.79 Å². The van der Waals surface area contributed by atoms with Gasteiger partial charge in [-0.05, 0) is 29.7 Å². The fraction of sp³-hybridized carbons (Fsp3) is 0.462.